The maximum atomic E-state index is 8.64. The molecule has 1 aliphatic heterocycles. The number of nitrogens with zero attached hydrogens (tertiary/aromatic N) is 3. The number of hydrogen-bond donors (Lipinski definition) is 2. The highest BCUT2D eigenvalue weighted by molar-refractivity contribution is 5.96. The molecule has 2 aromatic rings. The van der Waals surface area contributed by atoms with E-state index in [1.54, 1.807) is 6.20 Å². The van der Waals surface area contributed by atoms with E-state index < -0.39 is 0 Å². The fourth-order valence-electron chi connectivity index (χ4n) is 2.47. The van der Waals surface area contributed by atoms with Crippen LogP contribution in [0, 0.1) is 0 Å². The van der Waals surface area contributed by atoms with Crippen LogP contribution < -0.4 is 10.6 Å². The van der Waals surface area contributed by atoms with E-state index in [1.165, 1.54) is 11.1 Å². The van der Waals surface area contributed by atoms with E-state index in [0.717, 1.165) is 25.3 Å². The molecule has 3 N–H and O–H groups in total. The van der Waals surface area contributed by atoms with Gasteiger partial charge in [0.15, 0.2) is 5.84 Å². The minimum Gasteiger partial charge on any atom is -0.409 e. The Kier molecular flexibility index (Phi) is 3.25. The molecular formula is C15H16N4O. The van der Waals surface area contributed by atoms with Gasteiger partial charge in [-0.2, -0.15) is 0 Å². The van der Waals surface area contributed by atoms with Gasteiger partial charge < -0.3 is 15.8 Å². The summed E-state index contributed by atoms with van der Waals surface area (Å²) in [5.74, 6) is 0.988. The molecule has 0 atom stereocenters. The lowest BCUT2D eigenvalue weighted by Gasteiger charge is -2.29. The molecule has 1 aromatic heterocycles. The van der Waals surface area contributed by atoms with Crippen LogP contribution in [0.25, 0.3) is 0 Å². The maximum absolute atomic E-state index is 8.64. The van der Waals surface area contributed by atoms with Gasteiger partial charge in [0.05, 0.1) is 0 Å². The van der Waals surface area contributed by atoms with Crippen molar-refractivity contribution in [1.29, 1.82) is 0 Å². The summed E-state index contributed by atoms with van der Waals surface area (Å²) in [4.78, 5) is 6.63. The van der Waals surface area contributed by atoms with Crippen molar-refractivity contribution >= 4 is 11.7 Å². The van der Waals surface area contributed by atoms with Crippen molar-refractivity contribution in [3.63, 3.8) is 0 Å². The van der Waals surface area contributed by atoms with Gasteiger partial charge in [0.1, 0.15) is 5.82 Å². The molecule has 102 valence electrons. The van der Waals surface area contributed by atoms with E-state index in [-0.39, 0.29) is 5.84 Å². The third-order valence-corrected chi connectivity index (χ3v) is 3.61. The lowest BCUT2D eigenvalue weighted by atomic mass is 10.00. The number of anilines is 1. The zero-order valence-corrected chi connectivity index (χ0v) is 11.0. The Morgan fingerprint density at radius 2 is 2.00 bits per heavy atom. The number of fused-ring (bicyclic) bond motifs is 1. The highest BCUT2D eigenvalue weighted by atomic mass is 16.4. The molecule has 0 unspecified atom stereocenters. The SMILES string of the molecule is N/C(=N\O)c1ccc(N2CCc3ccccc3C2)nc1. The molecular weight excluding hydrogens is 252 g/mol. The van der Waals surface area contributed by atoms with Crippen LogP contribution in [0.15, 0.2) is 47.8 Å². The molecule has 0 saturated heterocycles. The molecule has 0 aliphatic carbocycles. The number of hydrogen-bond acceptors (Lipinski definition) is 4. The summed E-state index contributed by atoms with van der Waals surface area (Å²) in [5.41, 5.74) is 8.91. The van der Waals surface area contributed by atoms with Gasteiger partial charge in [0.2, 0.25) is 0 Å². The molecule has 0 spiro atoms. The molecule has 0 radical (unpaired) electrons. The van der Waals surface area contributed by atoms with Gasteiger partial charge in [-0.05, 0) is 29.7 Å². The van der Waals surface area contributed by atoms with Crippen molar-refractivity contribution < 1.29 is 5.21 Å². The van der Waals surface area contributed by atoms with E-state index >= 15 is 0 Å². The Hall–Kier alpha value is -2.56. The molecule has 2 heterocycles. The van der Waals surface area contributed by atoms with Gasteiger partial charge in [0, 0.05) is 24.8 Å². The fraction of sp³-hybridized carbons (Fsp3) is 0.200. The van der Waals surface area contributed by atoms with Gasteiger partial charge in [-0.25, -0.2) is 4.98 Å². The minimum absolute atomic E-state index is 0.0769. The minimum atomic E-state index is 0.0769. The first kappa shape index (κ1) is 12.5. The van der Waals surface area contributed by atoms with Crippen molar-refractivity contribution in [3.8, 4) is 0 Å². The van der Waals surface area contributed by atoms with Crippen LogP contribution in [0.2, 0.25) is 0 Å². The number of benzene rings is 1. The largest absolute Gasteiger partial charge is 0.409 e. The summed E-state index contributed by atoms with van der Waals surface area (Å²) < 4.78 is 0. The van der Waals surface area contributed by atoms with Gasteiger partial charge >= 0.3 is 0 Å². The smallest absolute Gasteiger partial charge is 0.171 e. The molecule has 1 aliphatic rings. The second-order valence-corrected chi connectivity index (χ2v) is 4.83. The quantitative estimate of drug-likeness (QED) is 0.376. The summed E-state index contributed by atoms with van der Waals surface area (Å²) in [7, 11) is 0. The molecule has 20 heavy (non-hydrogen) atoms. The number of aromatic nitrogens is 1. The van der Waals surface area contributed by atoms with Crippen LogP contribution >= 0.6 is 0 Å². The third-order valence-electron chi connectivity index (χ3n) is 3.61. The lowest BCUT2D eigenvalue weighted by molar-refractivity contribution is 0.318. The Balaban J connectivity index is 1.81. The van der Waals surface area contributed by atoms with Crippen molar-refractivity contribution in [2.75, 3.05) is 11.4 Å². The van der Waals surface area contributed by atoms with E-state index in [0.29, 0.717) is 5.56 Å². The number of pyridine rings is 1. The molecule has 0 bridgehead atoms. The van der Waals surface area contributed by atoms with E-state index in [1.807, 2.05) is 12.1 Å². The second-order valence-electron chi connectivity index (χ2n) is 4.83. The van der Waals surface area contributed by atoms with Crippen LogP contribution in [0.4, 0.5) is 5.82 Å². The van der Waals surface area contributed by atoms with Crippen LogP contribution in [0.3, 0.4) is 0 Å². The number of oxime groups is 1. The summed E-state index contributed by atoms with van der Waals surface area (Å²) >= 11 is 0. The average molecular weight is 268 g/mol. The molecule has 5 heteroatoms. The highest BCUT2D eigenvalue weighted by Gasteiger charge is 2.16. The Bertz CT molecular complexity index is 637. The third kappa shape index (κ3) is 2.30. The zero-order chi connectivity index (χ0) is 13.9. The maximum Gasteiger partial charge on any atom is 0.171 e. The van der Waals surface area contributed by atoms with Gasteiger partial charge in [-0.3, -0.25) is 0 Å². The van der Waals surface area contributed by atoms with E-state index in [9.17, 15) is 0 Å². The van der Waals surface area contributed by atoms with Crippen LogP contribution in [-0.4, -0.2) is 22.6 Å². The van der Waals surface area contributed by atoms with Gasteiger partial charge in [-0.1, -0.05) is 29.4 Å². The number of amidine groups is 1. The Morgan fingerprint density at radius 3 is 2.70 bits per heavy atom. The summed E-state index contributed by atoms with van der Waals surface area (Å²) in [6, 6.07) is 12.2. The van der Waals surface area contributed by atoms with Crippen molar-refractivity contribution in [3.05, 3.63) is 59.3 Å². The number of nitrogens with two attached hydrogens (primary N) is 1. The van der Waals surface area contributed by atoms with Gasteiger partial charge in [-0.15, -0.1) is 0 Å². The average Bonchev–Trinajstić information content (AvgIpc) is 2.54. The second kappa shape index (κ2) is 5.21. The topological polar surface area (TPSA) is 74.7 Å². The van der Waals surface area contributed by atoms with E-state index in [4.69, 9.17) is 10.9 Å². The summed E-state index contributed by atoms with van der Waals surface area (Å²) in [6.07, 6.45) is 2.66. The highest BCUT2D eigenvalue weighted by Crippen LogP contribution is 2.22. The predicted molar refractivity (Wildman–Crippen MR) is 77.9 cm³/mol. The van der Waals surface area contributed by atoms with Crippen LogP contribution in [-0.2, 0) is 13.0 Å². The van der Waals surface area contributed by atoms with Gasteiger partial charge in [0.25, 0.3) is 0 Å². The Labute approximate surface area is 117 Å². The monoisotopic (exact) mass is 268 g/mol. The molecule has 1 aromatic carbocycles. The molecule has 0 saturated carbocycles. The normalized spacial score (nSPS) is 15.0. The molecule has 3 rings (SSSR count). The Morgan fingerprint density at radius 1 is 1.20 bits per heavy atom. The molecule has 0 fully saturated rings. The molecule has 0 amide bonds. The zero-order valence-electron chi connectivity index (χ0n) is 11.0. The first-order valence-electron chi connectivity index (χ1n) is 6.53. The molecule has 5 nitrogen and oxygen atoms in total. The lowest BCUT2D eigenvalue weighted by Crippen LogP contribution is -2.31. The van der Waals surface area contributed by atoms with Crippen molar-refractivity contribution in [2.24, 2.45) is 10.9 Å². The summed E-state index contributed by atoms with van der Waals surface area (Å²) in [5, 5.41) is 11.6. The van der Waals surface area contributed by atoms with Crippen LogP contribution in [0.1, 0.15) is 16.7 Å². The fourth-order valence-corrected chi connectivity index (χ4v) is 2.47. The summed E-state index contributed by atoms with van der Waals surface area (Å²) in [6.45, 7) is 1.82. The predicted octanol–water partition coefficient (Wildman–Crippen LogP) is 1.74. The van der Waals surface area contributed by atoms with Crippen molar-refractivity contribution in [2.45, 2.75) is 13.0 Å². The first-order valence-corrected chi connectivity index (χ1v) is 6.53. The standard InChI is InChI=1S/C15H16N4O/c16-15(18-20)12-5-6-14(17-9-12)19-8-7-11-3-1-2-4-13(11)10-19/h1-6,9,20H,7-8,10H2,(H2,16,18). The van der Waals surface area contributed by atoms with Crippen molar-refractivity contribution in [1.82, 2.24) is 4.98 Å². The van der Waals surface area contributed by atoms with Crippen LogP contribution in [0.5, 0.6) is 0 Å². The first-order chi connectivity index (χ1) is 9.78. The van der Waals surface area contributed by atoms with E-state index in [2.05, 4.69) is 39.3 Å². The number of rotatable bonds is 2.